The minimum absolute atomic E-state index is 0.562. The van der Waals surface area contributed by atoms with E-state index >= 15 is 0 Å². The molecule has 2 rings (SSSR count). The number of rotatable bonds is 3. The first-order valence-electron chi connectivity index (χ1n) is 6.83. The minimum atomic E-state index is -0.823. The third-order valence-corrected chi connectivity index (χ3v) is 3.50. The van der Waals surface area contributed by atoms with Crippen molar-refractivity contribution in [2.75, 3.05) is 5.32 Å². The van der Waals surface area contributed by atoms with Crippen LogP contribution in [0.4, 0.5) is 10.5 Å². The van der Waals surface area contributed by atoms with Crippen LogP contribution in [0.15, 0.2) is 54.6 Å². The monoisotopic (exact) mass is 284 g/mol. The fourth-order valence-electron chi connectivity index (χ4n) is 2.04. The zero-order valence-electron chi connectivity index (χ0n) is 12.5. The van der Waals surface area contributed by atoms with Gasteiger partial charge in [-0.15, -0.1) is 0 Å². The molecular weight excluding hydrogens is 264 g/mol. The number of hydrogen-bond acceptors (Lipinski definition) is 2. The highest BCUT2D eigenvalue weighted by atomic mass is 16.5. The van der Waals surface area contributed by atoms with E-state index in [2.05, 4.69) is 5.32 Å². The summed E-state index contributed by atoms with van der Waals surface area (Å²) in [5.41, 5.74) is 1.79. The lowest BCUT2D eigenvalue weighted by Crippen LogP contribution is -2.45. The number of urea groups is 1. The van der Waals surface area contributed by atoms with E-state index in [0.29, 0.717) is 5.69 Å². The Morgan fingerprint density at radius 2 is 1.62 bits per heavy atom. The molecule has 110 valence electrons. The molecule has 0 aliphatic rings. The summed E-state index contributed by atoms with van der Waals surface area (Å²) in [6.45, 7) is 5.55. The van der Waals surface area contributed by atoms with Crippen molar-refractivity contribution in [3.63, 3.8) is 0 Å². The number of carbonyl (C=O) groups excluding carboxylic acids is 1. The molecule has 0 atom stereocenters. The highest BCUT2D eigenvalue weighted by molar-refractivity contribution is 5.89. The number of nitrogens with zero attached hydrogens (tertiary/aromatic N) is 1. The molecule has 0 aliphatic heterocycles. The number of benzene rings is 2. The van der Waals surface area contributed by atoms with Crippen molar-refractivity contribution in [2.24, 2.45) is 0 Å². The lowest BCUT2D eigenvalue weighted by atomic mass is 9.94. The Morgan fingerprint density at radius 3 is 2.19 bits per heavy atom. The van der Waals surface area contributed by atoms with Crippen LogP contribution in [0.25, 0.3) is 0 Å². The zero-order valence-corrected chi connectivity index (χ0v) is 12.5. The van der Waals surface area contributed by atoms with Crippen LogP contribution in [0.2, 0.25) is 0 Å². The smallest absolute Gasteiger partial charge is 0.306 e. The number of nitrogens with one attached hydrogen (secondary N) is 1. The fraction of sp³-hybridized carbons (Fsp3) is 0.235. The number of anilines is 1. The molecule has 4 nitrogen and oxygen atoms in total. The van der Waals surface area contributed by atoms with E-state index in [1.807, 2.05) is 49.4 Å². The standard InChI is InChI=1S/C17H20N2O2/c1-13-9-11-15(12-10-13)18-16(20)19(21)17(2,3)14-7-5-4-6-8-14/h4-12,21H,1-3H3,(H,18,20). The van der Waals surface area contributed by atoms with Crippen molar-refractivity contribution >= 4 is 11.7 Å². The average Bonchev–Trinajstić information content (AvgIpc) is 2.49. The second-order valence-corrected chi connectivity index (χ2v) is 5.53. The van der Waals surface area contributed by atoms with E-state index in [1.165, 1.54) is 0 Å². The van der Waals surface area contributed by atoms with Crippen LogP contribution < -0.4 is 5.32 Å². The molecular formula is C17H20N2O2. The van der Waals surface area contributed by atoms with Gasteiger partial charge >= 0.3 is 6.03 Å². The minimum Gasteiger partial charge on any atom is -0.306 e. The molecule has 0 fully saturated rings. The van der Waals surface area contributed by atoms with Crippen LogP contribution in [0.1, 0.15) is 25.0 Å². The summed E-state index contributed by atoms with van der Waals surface area (Å²) in [6, 6.07) is 16.3. The zero-order chi connectivity index (χ0) is 15.5. The van der Waals surface area contributed by atoms with Gasteiger partial charge < -0.3 is 5.32 Å². The highest BCUT2D eigenvalue weighted by Gasteiger charge is 2.31. The van der Waals surface area contributed by atoms with Crippen molar-refractivity contribution < 1.29 is 10.0 Å². The predicted molar refractivity (Wildman–Crippen MR) is 83.3 cm³/mol. The van der Waals surface area contributed by atoms with Gasteiger partial charge in [-0.25, -0.2) is 4.79 Å². The van der Waals surface area contributed by atoms with E-state index in [-0.39, 0.29) is 0 Å². The van der Waals surface area contributed by atoms with Crippen LogP contribution in [0.3, 0.4) is 0 Å². The van der Waals surface area contributed by atoms with E-state index < -0.39 is 11.6 Å². The topological polar surface area (TPSA) is 52.6 Å². The first kappa shape index (κ1) is 15.1. The molecule has 2 amide bonds. The second kappa shape index (κ2) is 5.97. The fourth-order valence-corrected chi connectivity index (χ4v) is 2.04. The maximum absolute atomic E-state index is 12.2. The van der Waals surface area contributed by atoms with Gasteiger partial charge in [-0.2, -0.15) is 5.06 Å². The lowest BCUT2D eigenvalue weighted by molar-refractivity contribution is -0.112. The van der Waals surface area contributed by atoms with Crippen molar-refractivity contribution in [3.05, 3.63) is 65.7 Å². The number of carbonyl (C=O) groups is 1. The summed E-state index contributed by atoms with van der Waals surface area (Å²) in [5.74, 6) is 0. The molecule has 0 bridgehead atoms. The second-order valence-electron chi connectivity index (χ2n) is 5.53. The number of hydrogen-bond donors (Lipinski definition) is 2. The van der Waals surface area contributed by atoms with E-state index in [1.54, 1.807) is 26.0 Å². The van der Waals surface area contributed by atoms with Crippen LogP contribution in [-0.4, -0.2) is 16.3 Å². The normalized spacial score (nSPS) is 11.0. The Balaban J connectivity index is 2.13. The Morgan fingerprint density at radius 1 is 1.05 bits per heavy atom. The quantitative estimate of drug-likeness (QED) is 0.657. The maximum atomic E-state index is 12.2. The predicted octanol–water partition coefficient (Wildman–Crippen LogP) is 4.15. The molecule has 2 aromatic rings. The average molecular weight is 284 g/mol. The molecule has 0 saturated carbocycles. The molecule has 0 unspecified atom stereocenters. The van der Waals surface area contributed by atoms with Gasteiger partial charge in [0.1, 0.15) is 0 Å². The number of amides is 2. The van der Waals surface area contributed by atoms with Crippen molar-refractivity contribution in [2.45, 2.75) is 26.3 Å². The third kappa shape index (κ3) is 3.41. The van der Waals surface area contributed by atoms with Crippen molar-refractivity contribution in [1.82, 2.24) is 5.06 Å². The third-order valence-electron chi connectivity index (χ3n) is 3.50. The molecule has 2 N–H and O–H groups in total. The van der Waals surface area contributed by atoms with Gasteiger partial charge in [-0.1, -0.05) is 48.0 Å². The van der Waals surface area contributed by atoms with Gasteiger partial charge in [0.2, 0.25) is 0 Å². The number of aryl methyl sites for hydroxylation is 1. The Kier molecular flexibility index (Phi) is 4.29. The molecule has 0 aliphatic carbocycles. The van der Waals surface area contributed by atoms with Crippen LogP contribution in [0.5, 0.6) is 0 Å². The molecule has 21 heavy (non-hydrogen) atoms. The van der Waals surface area contributed by atoms with Crippen molar-refractivity contribution in [3.8, 4) is 0 Å². The largest absolute Gasteiger partial charge is 0.346 e. The van der Waals surface area contributed by atoms with Gasteiger partial charge in [0.15, 0.2) is 0 Å². The van der Waals surface area contributed by atoms with Gasteiger partial charge in [0, 0.05) is 5.69 Å². The maximum Gasteiger partial charge on any atom is 0.346 e. The van der Waals surface area contributed by atoms with E-state index in [9.17, 15) is 10.0 Å². The number of hydroxylamine groups is 2. The van der Waals surface area contributed by atoms with Gasteiger partial charge in [0.05, 0.1) is 5.54 Å². The Labute approximate surface area is 125 Å². The van der Waals surface area contributed by atoms with Gasteiger partial charge in [0.25, 0.3) is 0 Å². The highest BCUT2D eigenvalue weighted by Crippen LogP contribution is 2.26. The van der Waals surface area contributed by atoms with Crippen LogP contribution in [0, 0.1) is 6.92 Å². The molecule has 0 heterocycles. The molecule has 2 aromatic carbocycles. The summed E-state index contributed by atoms with van der Waals surface area (Å²) in [6.07, 6.45) is 0. The molecule has 0 saturated heterocycles. The summed E-state index contributed by atoms with van der Waals surface area (Å²) < 4.78 is 0. The molecule has 0 aromatic heterocycles. The Hall–Kier alpha value is -2.33. The summed E-state index contributed by atoms with van der Waals surface area (Å²) in [7, 11) is 0. The van der Waals surface area contributed by atoms with Crippen LogP contribution in [-0.2, 0) is 5.54 Å². The van der Waals surface area contributed by atoms with Crippen molar-refractivity contribution in [1.29, 1.82) is 0 Å². The lowest BCUT2D eigenvalue weighted by Gasteiger charge is -2.33. The van der Waals surface area contributed by atoms with Gasteiger partial charge in [-0.05, 0) is 38.5 Å². The van der Waals surface area contributed by atoms with Gasteiger partial charge in [-0.3, -0.25) is 5.21 Å². The molecule has 0 radical (unpaired) electrons. The summed E-state index contributed by atoms with van der Waals surface area (Å²) in [5, 5.41) is 13.6. The molecule has 0 spiro atoms. The molecule has 4 heteroatoms. The first-order chi connectivity index (χ1) is 9.91. The van der Waals surface area contributed by atoms with E-state index in [0.717, 1.165) is 16.2 Å². The first-order valence-corrected chi connectivity index (χ1v) is 6.83. The van der Waals surface area contributed by atoms with E-state index in [4.69, 9.17) is 0 Å². The Bertz CT molecular complexity index is 606. The SMILES string of the molecule is Cc1ccc(NC(=O)N(O)C(C)(C)c2ccccc2)cc1. The van der Waals surface area contributed by atoms with Crippen LogP contribution >= 0.6 is 0 Å². The summed E-state index contributed by atoms with van der Waals surface area (Å²) >= 11 is 0. The summed E-state index contributed by atoms with van der Waals surface area (Å²) in [4.78, 5) is 12.2.